The van der Waals surface area contributed by atoms with Crippen LogP contribution in [0.25, 0.3) is 6.08 Å². The largest absolute Gasteiger partial charge is 0.507 e. The lowest BCUT2D eigenvalue weighted by molar-refractivity contribution is -0.137. The van der Waals surface area contributed by atoms with Gasteiger partial charge in [0.05, 0.1) is 38.3 Å². The third-order valence-corrected chi connectivity index (χ3v) is 7.28. The summed E-state index contributed by atoms with van der Waals surface area (Å²) in [6, 6.07) is 7.27. The molecule has 1 aromatic rings. The molecule has 188 valence electrons. The second kappa shape index (κ2) is 10.7. The predicted molar refractivity (Wildman–Crippen MR) is 128 cm³/mol. The number of benzene rings is 1. The van der Waals surface area contributed by atoms with E-state index in [9.17, 15) is 19.5 Å². The van der Waals surface area contributed by atoms with Crippen molar-refractivity contribution in [3.63, 3.8) is 0 Å². The average molecular weight is 484 g/mol. The summed E-state index contributed by atoms with van der Waals surface area (Å²) in [7, 11) is 2.77. The lowest BCUT2D eigenvalue weighted by Gasteiger charge is -2.31. The molecule has 1 aromatic carbocycles. The van der Waals surface area contributed by atoms with Crippen molar-refractivity contribution in [2.75, 3.05) is 27.4 Å². The van der Waals surface area contributed by atoms with Gasteiger partial charge in [-0.05, 0) is 42.9 Å². The third kappa shape index (κ3) is 4.77. The highest BCUT2D eigenvalue weighted by atomic mass is 16.5. The van der Waals surface area contributed by atoms with Crippen molar-refractivity contribution < 1.29 is 33.7 Å². The molecule has 2 heterocycles. The molecule has 1 N–H and O–H groups in total. The number of likely N-dealkylation sites (tertiary alicyclic amines) is 1. The minimum atomic E-state index is -0.932. The fraction of sp³-hybridized carbons (Fsp3) is 0.519. The van der Waals surface area contributed by atoms with E-state index < -0.39 is 29.7 Å². The number of carbonyl (C=O) groups excluding carboxylic acids is 3. The molecule has 0 radical (unpaired) electrons. The molecule has 0 unspecified atom stereocenters. The van der Waals surface area contributed by atoms with Crippen LogP contribution in [0.15, 0.2) is 41.0 Å². The van der Waals surface area contributed by atoms with E-state index in [2.05, 4.69) is 11.7 Å². The van der Waals surface area contributed by atoms with E-state index in [1.165, 1.54) is 5.57 Å². The molecule has 1 aliphatic carbocycles. The molecule has 2 fully saturated rings. The van der Waals surface area contributed by atoms with Gasteiger partial charge in [0.2, 0.25) is 11.8 Å². The van der Waals surface area contributed by atoms with Gasteiger partial charge in [-0.15, -0.1) is 0 Å². The first-order valence-electron chi connectivity index (χ1n) is 12.2. The normalized spacial score (nSPS) is 26.3. The summed E-state index contributed by atoms with van der Waals surface area (Å²) in [5.74, 6) is -2.22. The number of phenolic OH excluding ortho intramolecular Hbond substituents is 1. The Kier molecular flexibility index (Phi) is 7.72. The Bertz CT molecular complexity index is 1060. The Hall–Kier alpha value is -2.97. The van der Waals surface area contributed by atoms with Crippen molar-refractivity contribution in [2.45, 2.75) is 45.1 Å². The van der Waals surface area contributed by atoms with Crippen LogP contribution in [0, 0.1) is 17.8 Å². The smallest absolute Gasteiger partial charge is 0.423 e. The number of para-hydroxylation sites is 1. The number of nitrogens with zero attached hydrogens (tertiary/aromatic N) is 1. The van der Waals surface area contributed by atoms with Gasteiger partial charge in [0.1, 0.15) is 5.75 Å². The van der Waals surface area contributed by atoms with Crippen LogP contribution < -0.4 is 0 Å². The second-order valence-corrected chi connectivity index (χ2v) is 9.39. The van der Waals surface area contributed by atoms with E-state index in [4.69, 9.17) is 9.47 Å². The first-order valence-corrected chi connectivity index (χ1v) is 12.2. The average Bonchev–Trinajstić information content (AvgIpc) is 3.37. The second-order valence-electron chi connectivity index (χ2n) is 9.39. The minimum Gasteiger partial charge on any atom is -0.507 e. The lowest BCUT2D eigenvalue weighted by atomic mass is 9.69. The van der Waals surface area contributed by atoms with Gasteiger partial charge in [0.25, 0.3) is 0 Å². The molecular weight excluding hydrogens is 450 g/mol. The van der Waals surface area contributed by atoms with Gasteiger partial charge in [-0.2, -0.15) is 4.90 Å². The molecule has 0 saturated carbocycles. The number of phenols is 1. The quantitative estimate of drug-likeness (QED) is 0.439. The van der Waals surface area contributed by atoms with Gasteiger partial charge in [-0.1, -0.05) is 43.2 Å². The molecule has 3 aliphatic rings. The summed E-state index contributed by atoms with van der Waals surface area (Å²) in [5.41, 5.74) is 4.03. The molecule has 4 rings (SSSR count). The maximum atomic E-state index is 13.1. The lowest BCUT2D eigenvalue weighted by Crippen LogP contribution is -2.38. The fourth-order valence-corrected chi connectivity index (χ4v) is 5.79. The van der Waals surface area contributed by atoms with Gasteiger partial charge in [0, 0.05) is 18.6 Å². The number of carbonyl (C=O) groups is 3. The highest BCUT2D eigenvalue weighted by Gasteiger charge is 2.58. The molecule has 0 spiro atoms. The molecule has 4 atom stereocenters. The SMILES string of the molecule is CCC/C(=C\c1ccccc1O)CC[C@H]1OC[C@H]2C1=C(COC)C[C@H]1C(=O)N(C(=O)OC)C(=O)[C@H]12. The Morgan fingerprint density at radius 3 is 2.63 bits per heavy atom. The van der Waals surface area contributed by atoms with E-state index in [0.717, 1.165) is 49.5 Å². The summed E-state index contributed by atoms with van der Waals surface area (Å²) in [6.07, 6.45) is 4.67. The van der Waals surface area contributed by atoms with E-state index in [1.54, 1.807) is 19.2 Å². The first kappa shape index (κ1) is 25.1. The monoisotopic (exact) mass is 483 g/mol. The Labute approximate surface area is 205 Å². The van der Waals surface area contributed by atoms with Gasteiger partial charge in [-0.3, -0.25) is 9.59 Å². The fourth-order valence-electron chi connectivity index (χ4n) is 5.79. The number of allylic oxidation sites excluding steroid dienone is 1. The van der Waals surface area contributed by atoms with Crippen molar-refractivity contribution in [3.8, 4) is 5.75 Å². The molecule has 2 aliphatic heterocycles. The molecule has 35 heavy (non-hydrogen) atoms. The minimum absolute atomic E-state index is 0.189. The Morgan fingerprint density at radius 2 is 1.94 bits per heavy atom. The van der Waals surface area contributed by atoms with Crippen LogP contribution in [0.2, 0.25) is 0 Å². The maximum Gasteiger partial charge on any atom is 0.423 e. The van der Waals surface area contributed by atoms with Crippen molar-refractivity contribution in [2.24, 2.45) is 17.8 Å². The summed E-state index contributed by atoms with van der Waals surface area (Å²) in [4.78, 5) is 38.8. The highest BCUT2D eigenvalue weighted by Crippen LogP contribution is 2.50. The third-order valence-electron chi connectivity index (χ3n) is 7.28. The van der Waals surface area contributed by atoms with Crippen LogP contribution in [-0.2, 0) is 23.8 Å². The molecule has 0 aromatic heterocycles. The van der Waals surface area contributed by atoms with E-state index in [0.29, 0.717) is 24.5 Å². The summed E-state index contributed by atoms with van der Waals surface area (Å²) in [5, 5.41) is 10.2. The van der Waals surface area contributed by atoms with Crippen LogP contribution in [-0.4, -0.2) is 61.5 Å². The van der Waals surface area contributed by atoms with Crippen molar-refractivity contribution in [1.29, 1.82) is 0 Å². The van der Waals surface area contributed by atoms with Crippen molar-refractivity contribution in [1.82, 2.24) is 4.90 Å². The zero-order chi connectivity index (χ0) is 25.1. The molecular formula is C27H33NO7. The number of hydrogen-bond acceptors (Lipinski definition) is 7. The zero-order valence-corrected chi connectivity index (χ0v) is 20.5. The van der Waals surface area contributed by atoms with Gasteiger partial charge in [0.15, 0.2) is 0 Å². The van der Waals surface area contributed by atoms with Crippen LogP contribution in [0.1, 0.15) is 44.6 Å². The zero-order valence-electron chi connectivity index (χ0n) is 20.5. The Balaban J connectivity index is 1.57. The number of hydrogen-bond donors (Lipinski definition) is 1. The molecule has 0 bridgehead atoms. The highest BCUT2D eigenvalue weighted by molar-refractivity contribution is 6.16. The van der Waals surface area contributed by atoms with Crippen LogP contribution in [0.4, 0.5) is 4.79 Å². The van der Waals surface area contributed by atoms with Gasteiger partial charge >= 0.3 is 6.09 Å². The number of fused-ring (bicyclic) bond motifs is 3. The maximum absolute atomic E-state index is 13.1. The summed E-state index contributed by atoms with van der Waals surface area (Å²) < 4.78 is 16.3. The topological polar surface area (TPSA) is 102 Å². The molecule has 8 nitrogen and oxygen atoms in total. The number of amides is 3. The number of ether oxygens (including phenoxy) is 3. The summed E-state index contributed by atoms with van der Waals surface area (Å²) in [6.45, 7) is 2.80. The van der Waals surface area contributed by atoms with Gasteiger partial charge in [-0.25, -0.2) is 4.79 Å². The molecule has 2 saturated heterocycles. The van der Waals surface area contributed by atoms with Crippen molar-refractivity contribution >= 4 is 24.0 Å². The van der Waals surface area contributed by atoms with E-state index in [-0.39, 0.29) is 17.8 Å². The number of aromatic hydroxyl groups is 1. The number of methoxy groups -OCH3 is 2. The number of rotatable bonds is 8. The predicted octanol–water partition coefficient (Wildman–Crippen LogP) is 4.09. The number of imide groups is 3. The molecule has 8 heteroatoms. The van der Waals surface area contributed by atoms with Crippen molar-refractivity contribution in [3.05, 3.63) is 46.5 Å². The van der Waals surface area contributed by atoms with Crippen LogP contribution >= 0.6 is 0 Å². The first-order chi connectivity index (χ1) is 16.9. The van der Waals surface area contributed by atoms with Crippen LogP contribution in [0.5, 0.6) is 5.75 Å². The van der Waals surface area contributed by atoms with Gasteiger partial charge < -0.3 is 19.3 Å². The van der Waals surface area contributed by atoms with Crippen LogP contribution in [0.3, 0.4) is 0 Å². The summed E-state index contributed by atoms with van der Waals surface area (Å²) >= 11 is 0. The van der Waals surface area contributed by atoms with E-state index in [1.807, 2.05) is 18.2 Å². The standard InChI is InChI=1S/C27H33NO7/c1-4-7-16(12-17-8-5-6-9-21(17)29)10-11-22-23-18(14-33-2)13-19-24(20(23)15-35-22)26(31)28(25(19)30)27(32)34-3/h5-6,8-9,12,19-20,22,24,29H,4,7,10-11,13-15H2,1-3H3/b16-12+/t19-,20+,22-,24-/m1/s1. The van der Waals surface area contributed by atoms with E-state index >= 15 is 0 Å². The molecule has 3 amide bonds. The Morgan fingerprint density at radius 1 is 1.17 bits per heavy atom.